The second kappa shape index (κ2) is 4.07. The van der Waals surface area contributed by atoms with Crippen molar-refractivity contribution >= 4 is 0 Å². The van der Waals surface area contributed by atoms with Gasteiger partial charge in [0.05, 0.1) is 19.3 Å². The lowest BCUT2D eigenvalue weighted by Crippen LogP contribution is -2.43. The summed E-state index contributed by atoms with van der Waals surface area (Å²) in [5.74, 6) is -0.139. The van der Waals surface area contributed by atoms with E-state index in [0.29, 0.717) is 19.6 Å². The fourth-order valence-corrected chi connectivity index (χ4v) is 3.40. The SMILES string of the molecule is OC1CCCC2(COCc3cccc(F)c32)C1. The Kier molecular flexibility index (Phi) is 2.68. The van der Waals surface area contributed by atoms with Crippen LogP contribution in [-0.2, 0) is 16.8 Å². The Bertz CT molecular complexity index is 432. The van der Waals surface area contributed by atoms with E-state index in [1.807, 2.05) is 6.07 Å². The zero-order valence-electron chi connectivity index (χ0n) is 9.79. The standard InChI is InChI=1S/C14H17FO2/c15-12-5-1-3-10-8-17-9-14(13(10)12)6-2-4-11(16)7-14/h1,3,5,11,16H,2,4,6-9H2. The summed E-state index contributed by atoms with van der Waals surface area (Å²) >= 11 is 0. The molecule has 2 atom stereocenters. The predicted octanol–water partition coefficient (Wildman–Crippen LogP) is 2.53. The van der Waals surface area contributed by atoms with Crippen molar-refractivity contribution in [1.29, 1.82) is 0 Å². The molecule has 2 aliphatic rings. The Morgan fingerprint density at radius 1 is 1.41 bits per heavy atom. The molecule has 1 spiro atoms. The highest BCUT2D eigenvalue weighted by Crippen LogP contribution is 2.44. The van der Waals surface area contributed by atoms with Gasteiger partial charge in [0.25, 0.3) is 0 Å². The van der Waals surface area contributed by atoms with Gasteiger partial charge in [-0.1, -0.05) is 12.1 Å². The van der Waals surface area contributed by atoms with Crippen LogP contribution in [0.25, 0.3) is 0 Å². The van der Waals surface area contributed by atoms with E-state index in [0.717, 1.165) is 30.4 Å². The van der Waals surface area contributed by atoms with E-state index in [-0.39, 0.29) is 17.3 Å². The molecule has 17 heavy (non-hydrogen) atoms. The molecule has 1 heterocycles. The van der Waals surface area contributed by atoms with Gasteiger partial charge in [-0.2, -0.15) is 0 Å². The minimum absolute atomic E-state index is 0.139. The summed E-state index contributed by atoms with van der Waals surface area (Å²) < 4.78 is 19.7. The van der Waals surface area contributed by atoms with Crippen LogP contribution in [-0.4, -0.2) is 17.8 Å². The van der Waals surface area contributed by atoms with Crippen LogP contribution < -0.4 is 0 Å². The van der Waals surface area contributed by atoms with Gasteiger partial charge in [0.15, 0.2) is 0 Å². The van der Waals surface area contributed by atoms with Crippen molar-refractivity contribution in [1.82, 2.24) is 0 Å². The van der Waals surface area contributed by atoms with E-state index in [2.05, 4.69) is 0 Å². The van der Waals surface area contributed by atoms with Gasteiger partial charge in [-0.3, -0.25) is 0 Å². The number of rotatable bonds is 0. The van der Waals surface area contributed by atoms with Crippen LogP contribution in [0.2, 0.25) is 0 Å². The van der Waals surface area contributed by atoms with E-state index in [4.69, 9.17) is 4.74 Å². The molecule has 0 bridgehead atoms. The summed E-state index contributed by atoms with van der Waals surface area (Å²) in [6, 6.07) is 5.18. The number of fused-ring (bicyclic) bond motifs is 2. The number of benzene rings is 1. The van der Waals surface area contributed by atoms with Crippen molar-refractivity contribution in [2.45, 2.75) is 43.8 Å². The third kappa shape index (κ3) is 1.78. The molecule has 3 rings (SSSR count). The third-order valence-electron chi connectivity index (χ3n) is 4.09. The molecule has 1 aliphatic heterocycles. The van der Waals surface area contributed by atoms with Crippen LogP contribution in [0.5, 0.6) is 0 Å². The minimum Gasteiger partial charge on any atom is -0.393 e. The van der Waals surface area contributed by atoms with E-state index >= 15 is 0 Å². The van der Waals surface area contributed by atoms with Gasteiger partial charge in [-0.25, -0.2) is 4.39 Å². The lowest BCUT2D eigenvalue weighted by molar-refractivity contribution is -0.00258. The van der Waals surface area contributed by atoms with Gasteiger partial charge in [-0.15, -0.1) is 0 Å². The molecule has 92 valence electrons. The summed E-state index contributed by atoms with van der Waals surface area (Å²) in [6.45, 7) is 1.03. The maximum absolute atomic E-state index is 14.1. The van der Waals surface area contributed by atoms with Crippen LogP contribution in [0.15, 0.2) is 18.2 Å². The van der Waals surface area contributed by atoms with Crippen molar-refractivity contribution in [2.24, 2.45) is 0 Å². The van der Waals surface area contributed by atoms with Gasteiger partial charge in [0.2, 0.25) is 0 Å². The van der Waals surface area contributed by atoms with Crippen LogP contribution in [0, 0.1) is 5.82 Å². The Morgan fingerprint density at radius 2 is 2.29 bits per heavy atom. The number of hydrogen-bond acceptors (Lipinski definition) is 2. The molecule has 1 aromatic rings. The van der Waals surface area contributed by atoms with Gasteiger partial charge >= 0.3 is 0 Å². The first-order valence-electron chi connectivity index (χ1n) is 6.25. The quantitative estimate of drug-likeness (QED) is 0.750. The number of ether oxygens (including phenoxy) is 1. The molecule has 0 saturated heterocycles. The van der Waals surface area contributed by atoms with Crippen molar-refractivity contribution in [3.63, 3.8) is 0 Å². The van der Waals surface area contributed by atoms with Gasteiger partial charge in [0.1, 0.15) is 5.82 Å². The first kappa shape index (κ1) is 11.2. The largest absolute Gasteiger partial charge is 0.393 e. The molecule has 1 N–H and O–H groups in total. The molecule has 3 heteroatoms. The van der Waals surface area contributed by atoms with E-state index in [9.17, 15) is 9.50 Å². The average molecular weight is 236 g/mol. The van der Waals surface area contributed by atoms with Crippen LogP contribution >= 0.6 is 0 Å². The molecule has 1 aliphatic carbocycles. The second-order valence-corrected chi connectivity index (χ2v) is 5.30. The van der Waals surface area contributed by atoms with E-state index < -0.39 is 0 Å². The van der Waals surface area contributed by atoms with Crippen molar-refractivity contribution in [3.05, 3.63) is 35.1 Å². The summed E-state index contributed by atoms with van der Waals surface area (Å²) in [4.78, 5) is 0. The Balaban J connectivity index is 2.09. The smallest absolute Gasteiger partial charge is 0.127 e. The first-order chi connectivity index (χ1) is 8.21. The second-order valence-electron chi connectivity index (χ2n) is 5.30. The zero-order valence-corrected chi connectivity index (χ0v) is 9.79. The van der Waals surface area contributed by atoms with Crippen LogP contribution in [0.3, 0.4) is 0 Å². The molecule has 2 nitrogen and oxygen atoms in total. The monoisotopic (exact) mass is 236 g/mol. The molecule has 1 aromatic carbocycles. The Hall–Kier alpha value is -0.930. The van der Waals surface area contributed by atoms with Crippen molar-refractivity contribution in [2.75, 3.05) is 6.61 Å². The van der Waals surface area contributed by atoms with Gasteiger partial charge in [-0.05, 0) is 37.3 Å². The maximum Gasteiger partial charge on any atom is 0.127 e. The summed E-state index contributed by atoms with van der Waals surface area (Å²) in [5, 5.41) is 9.87. The third-order valence-corrected chi connectivity index (χ3v) is 4.09. The van der Waals surface area contributed by atoms with E-state index in [1.165, 1.54) is 6.07 Å². The fraction of sp³-hybridized carbons (Fsp3) is 0.571. The molecule has 0 amide bonds. The number of aliphatic hydroxyl groups is 1. The molecular weight excluding hydrogens is 219 g/mol. The summed E-state index contributed by atoms with van der Waals surface area (Å²) in [5.41, 5.74) is 1.45. The van der Waals surface area contributed by atoms with Gasteiger partial charge in [0, 0.05) is 11.0 Å². The first-order valence-corrected chi connectivity index (χ1v) is 6.25. The molecule has 0 radical (unpaired) electrons. The Morgan fingerprint density at radius 3 is 3.12 bits per heavy atom. The van der Waals surface area contributed by atoms with Crippen molar-refractivity contribution in [3.8, 4) is 0 Å². The number of halogens is 1. The Labute approximate surface area is 100 Å². The van der Waals surface area contributed by atoms with Crippen molar-refractivity contribution < 1.29 is 14.2 Å². The highest BCUT2D eigenvalue weighted by atomic mass is 19.1. The predicted molar refractivity (Wildman–Crippen MR) is 62.2 cm³/mol. The van der Waals surface area contributed by atoms with E-state index in [1.54, 1.807) is 6.07 Å². The van der Waals surface area contributed by atoms with Gasteiger partial charge < -0.3 is 9.84 Å². The average Bonchev–Trinajstić information content (AvgIpc) is 2.29. The lowest BCUT2D eigenvalue weighted by Gasteiger charge is -2.43. The molecule has 2 unspecified atom stereocenters. The molecule has 1 fully saturated rings. The summed E-state index contributed by atoms with van der Waals surface area (Å²) in [6.07, 6.45) is 2.99. The normalized spacial score (nSPS) is 32.5. The highest BCUT2D eigenvalue weighted by Gasteiger charge is 2.42. The molecule has 0 aromatic heterocycles. The van der Waals surface area contributed by atoms with Crippen LogP contribution in [0.1, 0.15) is 36.8 Å². The lowest BCUT2D eigenvalue weighted by atomic mass is 9.67. The van der Waals surface area contributed by atoms with Crippen LogP contribution in [0.4, 0.5) is 4.39 Å². The maximum atomic E-state index is 14.1. The zero-order chi connectivity index (χ0) is 11.9. The molecular formula is C14H17FO2. The molecule has 1 saturated carbocycles. The minimum atomic E-state index is -0.321. The fourth-order valence-electron chi connectivity index (χ4n) is 3.40. The number of hydrogen-bond donors (Lipinski definition) is 1. The number of aliphatic hydroxyl groups excluding tert-OH is 1. The highest BCUT2D eigenvalue weighted by molar-refractivity contribution is 5.37. The topological polar surface area (TPSA) is 29.5 Å². The summed E-state index contributed by atoms with van der Waals surface area (Å²) in [7, 11) is 0.